The number of nitrogens with one attached hydrogen (secondary N) is 1. The Morgan fingerprint density at radius 2 is 2.03 bits per heavy atom. The van der Waals surface area contributed by atoms with Gasteiger partial charge in [-0.3, -0.25) is 14.8 Å². The summed E-state index contributed by atoms with van der Waals surface area (Å²) in [6.07, 6.45) is -0.861. The summed E-state index contributed by atoms with van der Waals surface area (Å²) in [6.45, 7) is 16.6. The van der Waals surface area contributed by atoms with Crippen molar-refractivity contribution in [3.63, 3.8) is 0 Å². The van der Waals surface area contributed by atoms with E-state index < -0.39 is 17.7 Å². The maximum absolute atomic E-state index is 12.3. The highest BCUT2D eigenvalue weighted by Crippen LogP contribution is 2.41. The number of aliphatic carboxylic acids is 1. The van der Waals surface area contributed by atoms with E-state index in [1.54, 1.807) is 32.9 Å². The average molecular weight is 419 g/mol. The van der Waals surface area contributed by atoms with Gasteiger partial charge in [0, 0.05) is 16.6 Å². The fourth-order valence-electron chi connectivity index (χ4n) is 2.64. The summed E-state index contributed by atoms with van der Waals surface area (Å²) >= 11 is 6.35. The first-order valence-electron chi connectivity index (χ1n) is 8.93. The predicted octanol–water partition coefficient (Wildman–Crippen LogP) is 5.31. The highest BCUT2D eigenvalue weighted by Gasteiger charge is 2.26. The maximum atomic E-state index is 12.3. The Labute approximate surface area is 174 Å². The minimum atomic E-state index is -0.969. The zero-order chi connectivity index (χ0) is 21.9. The lowest BCUT2D eigenvalue weighted by molar-refractivity contribution is -0.136. The Hall–Kier alpha value is -3.05. The van der Waals surface area contributed by atoms with Crippen LogP contribution in [0.25, 0.3) is 16.1 Å². The number of carbonyl (C=O) groups is 2. The molecule has 0 atom stereocenters. The maximum Gasteiger partial charge on any atom is 0.412 e. The van der Waals surface area contributed by atoms with Crippen LogP contribution in [0.5, 0.6) is 0 Å². The van der Waals surface area contributed by atoms with E-state index in [9.17, 15) is 9.59 Å². The molecule has 154 valence electrons. The standard InChI is InChI=1S/C20H23ClN4O4/c1-11(2)25-18(23-19(28)29-20(3,4)5)17(22-6)16(24-25)13-8-7-12(9-14(13)21)10-15(26)27/h7-9,11H,10H2,1-5H3,(H,23,28)(H,26,27). The van der Waals surface area contributed by atoms with Gasteiger partial charge in [-0.05, 0) is 46.2 Å². The Kier molecular flexibility index (Phi) is 6.55. The summed E-state index contributed by atoms with van der Waals surface area (Å²) in [5.41, 5.74) is 0.727. The van der Waals surface area contributed by atoms with Gasteiger partial charge in [-0.2, -0.15) is 5.10 Å². The number of benzene rings is 1. The highest BCUT2D eigenvalue weighted by molar-refractivity contribution is 6.33. The molecule has 0 radical (unpaired) electrons. The lowest BCUT2D eigenvalue weighted by Crippen LogP contribution is -2.28. The molecule has 0 aliphatic carbocycles. The molecule has 29 heavy (non-hydrogen) atoms. The molecule has 0 aliphatic heterocycles. The van der Waals surface area contributed by atoms with Crippen molar-refractivity contribution < 1.29 is 19.4 Å². The molecule has 8 nitrogen and oxygen atoms in total. The molecule has 0 unspecified atom stereocenters. The van der Waals surface area contributed by atoms with Crippen molar-refractivity contribution in [2.45, 2.75) is 52.7 Å². The van der Waals surface area contributed by atoms with Gasteiger partial charge in [0.05, 0.1) is 13.0 Å². The van der Waals surface area contributed by atoms with Crippen molar-refractivity contribution in [1.82, 2.24) is 9.78 Å². The van der Waals surface area contributed by atoms with Gasteiger partial charge in [0.15, 0.2) is 0 Å². The summed E-state index contributed by atoms with van der Waals surface area (Å²) in [5.74, 6) is -0.756. The number of ether oxygens (including phenoxy) is 1. The molecule has 0 saturated heterocycles. The molecule has 1 aromatic heterocycles. The SMILES string of the molecule is [C-]#[N+]c1c(-c2ccc(CC(=O)O)cc2Cl)nn(C(C)C)c1NC(=O)OC(C)(C)C. The van der Waals surface area contributed by atoms with Crippen molar-refractivity contribution in [3.05, 3.63) is 40.2 Å². The number of hydrogen-bond donors (Lipinski definition) is 2. The van der Waals surface area contributed by atoms with E-state index in [0.29, 0.717) is 16.8 Å². The molecular weight excluding hydrogens is 396 g/mol. The van der Waals surface area contributed by atoms with Crippen molar-refractivity contribution in [3.8, 4) is 11.3 Å². The molecule has 2 aromatic rings. The number of aromatic nitrogens is 2. The molecule has 0 fully saturated rings. The number of anilines is 1. The molecule has 0 saturated carbocycles. The fraction of sp³-hybridized carbons (Fsp3) is 0.400. The van der Waals surface area contributed by atoms with E-state index in [1.165, 1.54) is 10.7 Å². The van der Waals surface area contributed by atoms with E-state index in [4.69, 9.17) is 28.0 Å². The molecule has 0 bridgehead atoms. The predicted molar refractivity (Wildman–Crippen MR) is 111 cm³/mol. The molecule has 1 amide bonds. The lowest BCUT2D eigenvalue weighted by Gasteiger charge is -2.20. The van der Waals surface area contributed by atoms with Crippen LogP contribution in [0.1, 0.15) is 46.2 Å². The molecule has 2 N–H and O–H groups in total. The van der Waals surface area contributed by atoms with Gasteiger partial charge in [-0.25, -0.2) is 9.64 Å². The first kappa shape index (κ1) is 22.2. The van der Waals surface area contributed by atoms with Crippen LogP contribution in [-0.2, 0) is 16.0 Å². The van der Waals surface area contributed by atoms with Gasteiger partial charge in [-0.15, -0.1) is 0 Å². The number of rotatable bonds is 5. The highest BCUT2D eigenvalue weighted by atomic mass is 35.5. The Morgan fingerprint density at radius 3 is 2.52 bits per heavy atom. The molecule has 0 spiro atoms. The summed E-state index contributed by atoms with van der Waals surface area (Å²) in [6, 6.07) is 4.63. The van der Waals surface area contributed by atoms with E-state index >= 15 is 0 Å². The molecule has 1 heterocycles. The molecule has 9 heteroatoms. The normalized spacial score (nSPS) is 11.2. The van der Waals surface area contributed by atoms with Crippen molar-refractivity contribution >= 4 is 35.2 Å². The average Bonchev–Trinajstić information content (AvgIpc) is 2.90. The van der Waals surface area contributed by atoms with Crippen molar-refractivity contribution in [2.75, 3.05) is 5.32 Å². The first-order chi connectivity index (χ1) is 13.4. The van der Waals surface area contributed by atoms with Gasteiger partial charge in [0.2, 0.25) is 0 Å². The number of carboxylic acid groups (broad SMARTS) is 1. The van der Waals surface area contributed by atoms with Crippen LogP contribution in [0.2, 0.25) is 5.02 Å². The molecule has 1 aromatic carbocycles. The number of carbonyl (C=O) groups excluding carboxylic acids is 1. The Balaban J connectivity index is 2.53. The van der Waals surface area contributed by atoms with E-state index in [2.05, 4.69) is 15.3 Å². The fourth-order valence-corrected chi connectivity index (χ4v) is 2.93. The summed E-state index contributed by atoms with van der Waals surface area (Å²) in [5, 5.41) is 16.3. The van der Waals surface area contributed by atoms with Gasteiger partial charge < -0.3 is 9.84 Å². The van der Waals surface area contributed by atoms with Crippen LogP contribution in [0.15, 0.2) is 18.2 Å². The Morgan fingerprint density at radius 1 is 1.38 bits per heavy atom. The monoisotopic (exact) mass is 418 g/mol. The van der Waals surface area contributed by atoms with Gasteiger partial charge >= 0.3 is 12.1 Å². The van der Waals surface area contributed by atoms with Crippen LogP contribution >= 0.6 is 11.6 Å². The van der Waals surface area contributed by atoms with Crippen molar-refractivity contribution in [2.24, 2.45) is 0 Å². The smallest absolute Gasteiger partial charge is 0.412 e. The summed E-state index contributed by atoms with van der Waals surface area (Å²) in [4.78, 5) is 26.7. The number of amides is 1. The zero-order valence-electron chi connectivity index (χ0n) is 16.9. The van der Waals surface area contributed by atoms with Crippen LogP contribution < -0.4 is 5.32 Å². The molecule has 2 rings (SSSR count). The number of hydrogen-bond acceptors (Lipinski definition) is 4. The van der Waals surface area contributed by atoms with Gasteiger partial charge in [0.25, 0.3) is 5.69 Å². The van der Waals surface area contributed by atoms with E-state index in [1.807, 2.05) is 13.8 Å². The third kappa shape index (κ3) is 5.48. The van der Waals surface area contributed by atoms with Crippen LogP contribution in [-0.4, -0.2) is 32.6 Å². The van der Waals surface area contributed by atoms with Gasteiger partial charge in [-0.1, -0.05) is 23.7 Å². The minimum absolute atomic E-state index is 0.123. The number of halogens is 1. The second-order valence-electron chi connectivity index (χ2n) is 7.71. The quantitative estimate of drug-likeness (QED) is 0.641. The van der Waals surface area contributed by atoms with E-state index in [-0.39, 0.29) is 29.0 Å². The topological polar surface area (TPSA) is 97.8 Å². The summed E-state index contributed by atoms with van der Waals surface area (Å²) in [7, 11) is 0. The Bertz CT molecular complexity index is 984. The summed E-state index contributed by atoms with van der Waals surface area (Å²) < 4.78 is 6.81. The van der Waals surface area contributed by atoms with Crippen LogP contribution in [0, 0.1) is 6.57 Å². The third-order valence-corrected chi connectivity index (χ3v) is 4.06. The second kappa shape index (κ2) is 8.53. The molecular formula is C20H23ClN4O4. The number of nitrogens with zero attached hydrogens (tertiary/aromatic N) is 3. The zero-order valence-corrected chi connectivity index (χ0v) is 17.7. The van der Waals surface area contributed by atoms with E-state index in [0.717, 1.165) is 0 Å². The molecule has 0 aliphatic rings. The lowest BCUT2D eigenvalue weighted by atomic mass is 10.1. The second-order valence-corrected chi connectivity index (χ2v) is 8.11. The first-order valence-corrected chi connectivity index (χ1v) is 9.31. The van der Waals surface area contributed by atoms with Crippen LogP contribution in [0.4, 0.5) is 16.3 Å². The number of carboxylic acids is 1. The third-order valence-electron chi connectivity index (χ3n) is 3.75. The minimum Gasteiger partial charge on any atom is -0.481 e. The largest absolute Gasteiger partial charge is 0.481 e. The van der Waals surface area contributed by atoms with Crippen molar-refractivity contribution in [1.29, 1.82) is 0 Å². The van der Waals surface area contributed by atoms with Crippen LogP contribution in [0.3, 0.4) is 0 Å². The van der Waals surface area contributed by atoms with Gasteiger partial charge in [0.1, 0.15) is 17.1 Å².